The predicted octanol–water partition coefficient (Wildman–Crippen LogP) is 4.11. The van der Waals surface area contributed by atoms with Crippen molar-refractivity contribution in [3.63, 3.8) is 0 Å². The molecule has 94 valence electrons. The van der Waals surface area contributed by atoms with E-state index in [2.05, 4.69) is 6.92 Å². The molecule has 0 aromatic heterocycles. The van der Waals surface area contributed by atoms with E-state index in [0.29, 0.717) is 6.04 Å². The van der Waals surface area contributed by atoms with Crippen molar-refractivity contribution in [2.75, 3.05) is 0 Å². The average molecular weight is 223 g/mol. The molecule has 0 heterocycles. The molecule has 0 saturated heterocycles. The summed E-state index contributed by atoms with van der Waals surface area (Å²) >= 11 is 0. The normalized spacial score (nSPS) is 34.9. The Morgan fingerprint density at radius 2 is 1.75 bits per heavy atom. The Kier molecular flexibility index (Phi) is 4.69. The Labute approximate surface area is 101 Å². The van der Waals surface area contributed by atoms with Crippen molar-refractivity contribution >= 4 is 0 Å². The molecule has 2 aliphatic carbocycles. The summed E-state index contributed by atoms with van der Waals surface area (Å²) in [5, 5.41) is 0. The molecule has 3 unspecified atom stereocenters. The lowest BCUT2D eigenvalue weighted by molar-refractivity contribution is 0.210. The molecule has 16 heavy (non-hydrogen) atoms. The van der Waals surface area contributed by atoms with Gasteiger partial charge < -0.3 is 5.73 Å². The molecule has 0 amide bonds. The first-order valence-electron chi connectivity index (χ1n) is 7.51. The maximum Gasteiger partial charge on any atom is 0.00698 e. The van der Waals surface area contributed by atoms with Gasteiger partial charge in [0.05, 0.1) is 0 Å². The fourth-order valence-corrected chi connectivity index (χ4v) is 3.87. The quantitative estimate of drug-likeness (QED) is 0.765. The third-order valence-corrected chi connectivity index (χ3v) is 4.91. The third-order valence-electron chi connectivity index (χ3n) is 4.91. The van der Waals surface area contributed by atoms with E-state index in [1.54, 1.807) is 0 Å². The Morgan fingerprint density at radius 1 is 1.00 bits per heavy atom. The van der Waals surface area contributed by atoms with Crippen molar-refractivity contribution in [3.05, 3.63) is 0 Å². The number of hydrogen-bond donors (Lipinski definition) is 1. The summed E-state index contributed by atoms with van der Waals surface area (Å²) in [5.74, 6) is 2.72. The zero-order chi connectivity index (χ0) is 11.4. The van der Waals surface area contributed by atoms with E-state index in [1.165, 1.54) is 64.2 Å². The highest BCUT2D eigenvalue weighted by atomic mass is 14.7. The van der Waals surface area contributed by atoms with E-state index >= 15 is 0 Å². The standard InChI is InChI=1S/C15H29N/c1-12-6-5-9-14(10-12)15(16)11-13-7-3-2-4-8-13/h12-15H,2-11,16H2,1H3. The largest absolute Gasteiger partial charge is 0.327 e. The molecule has 0 aromatic carbocycles. The fraction of sp³-hybridized carbons (Fsp3) is 1.00. The van der Waals surface area contributed by atoms with Gasteiger partial charge in [-0.15, -0.1) is 0 Å². The summed E-state index contributed by atoms with van der Waals surface area (Å²) in [4.78, 5) is 0. The van der Waals surface area contributed by atoms with E-state index in [0.717, 1.165) is 17.8 Å². The van der Waals surface area contributed by atoms with Gasteiger partial charge in [-0.25, -0.2) is 0 Å². The van der Waals surface area contributed by atoms with Crippen molar-refractivity contribution in [2.45, 2.75) is 77.2 Å². The van der Waals surface area contributed by atoms with Crippen LogP contribution >= 0.6 is 0 Å². The number of rotatable bonds is 3. The molecule has 2 rings (SSSR count). The van der Waals surface area contributed by atoms with Gasteiger partial charge in [-0.05, 0) is 37.0 Å². The van der Waals surface area contributed by atoms with Gasteiger partial charge in [0, 0.05) is 6.04 Å². The molecule has 0 radical (unpaired) electrons. The van der Waals surface area contributed by atoms with E-state index < -0.39 is 0 Å². The lowest BCUT2D eigenvalue weighted by atomic mass is 9.75. The van der Waals surface area contributed by atoms with Crippen LogP contribution in [0.1, 0.15) is 71.1 Å². The molecule has 0 spiro atoms. The van der Waals surface area contributed by atoms with Crippen molar-refractivity contribution in [3.8, 4) is 0 Å². The minimum Gasteiger partial charge on any atom is -0.327 e. The van der Waals surface area contributed by atoms with Crippen LogP contribution in [0, 0.1) is 17.8 Å². The van der Waals surface area contributed by atoms with Crippen molar-refractivity contribution in [2.24, 2.45) is 23.5 Å². The molecule has 2 N–H and O–H groups in total. The molecular weight excluding hydrogens is 194 g/mol. The Bertz CT molecular complexity index is 196. The number of nitrogens with two attached hydrogens (primary N) is 1. The lowest BCUT2D eigenvalue weighted by Gasteiger charge is -2.34. The molecule has 2 saturated carbocycles. The highest BCUT2D eigenvalue weighted by Crippen LogP contribution is 2.34. The fourth-order valence-electron chi connectivity index (χ4n) is 3.87. The van der Waals surface area contributed by atoms with Crippen LogP contribution in [0.4, 0.5) is 0 Å². The van der Waals surface area contributed by atoms with E-state index in [1.807, 2.05) is 0 Å². The molecular formula is C15H29N. The molecule has 0 bridgehead atoms. The summed E-state index contributed by atoms with van der Waals surface area (Å²) in [6.45, 7) is 2.40. The molecule has 2 fully saturated rings. The van der Waals surface area contributed by atoms with Crippen LogP contribution in [0.15, 0.2) is 0 Å². The minimum atomic E-state index is 0.505. The molecule has 0 aliphatic heterocycles. The van der Waals surface area contributed by atoms with Crippen LogP contribution < -0.4 is 5.73 Å². The maximum atomic E-state index is 6.44. The van der Waals surface area contributed by atoms with Crippen LogP contribution in [0.2, 0.25) is 0 Å². The summed E-state index contributed by atoms with van der Waals surface area (Å²) in [5.41, 5.74) is 6.44. The van der Waals surface area contributed by atoms with Crippen LogP contribution in [0.3, 0.4) is 0 Å². The SMILES string of the molecule is CC1CCCC(C(N)CC2CCCCC2)C1. The Balaban J connectivity index is 1.75. The van der Waals surface area contributed by atoms with Crippen molar-refractivity contribution < 1.29 is 0 Å². The van der Waals surface area contributed by atoms with Gasteiger partial charge in [0.15, 0.2) is 0 Å². The van der Waals surface area contributed by atoms with Gasteiger partial charge in [0.25, 0.3) is 0 Å². The average Bonchev–Trinajstić information content (AvgIpc) is 2.30. The second-order valence-electron chi connectivity index (χ2n) is 6.44. The van der Waals surface area contributed by atoms with Crippen molar-refractivity contribution in [1.82, 2.24) is 0 Å². The summed E-state index contributed by atoms with van der Waals surface area (Å²) in [6.07, 6.45) is 14.3. The van der Waals surface area contributed by atoms with Gasteiger partial charge >= 0.3 is 0 Å². The first-order valence-corrected chi connectivity index (χ1v) is 7.51. The van der Waals surface area contributed by atoms with Gasteiger partial charge in [-0.2, -0.15) is 0 Å². The summed E-state index contributed by atoms with van der Waals surface area (Å²) in [6, 6.07) is 0.505. The smallest absolute Gasteiger partial charge is 0.00698 e. The van der Waals surface area contributed by atoms with Gasteiger partial charge in [-0.1, -0.05) is 51.9 Å². The molecule has 1 heteroatoms. The van der Waals surface area contributed by atoms with Crippen LogP contribution in [0.25, 0.3) is 0 Å². The molecule has 3 atom stereocenters. The van der Waals surface area contributed by atoms with Crippen LogP contribution in [-0.4, -0.2) is 6.04 Å². The topological polar surface area (TPSA) is 26.0 Å². The van der Waals surface area contributed by atoms with E-state index in [-0.39, 0.29) is 0 Å². The highest BCUT2D eigenvalue weighted by Gasteiger charge is 2.26. The lowest BCUT2D eigenvalue weighted by Crippen LogP contribution is -2.35. The van der Waals surface area contributed by atoms with Gasteiger partial charge in [0.1, 0.15) is 0 Å². The summed E-state index contributed by atoms with van der Waals surface area (Å²) in [7, 11) is 0. The monoisotopic (exact) mass is 223 g/mol. The summed E-state index contributed by atoms with van der Waals surface area (Å²) < 4.78 is 0. The minimum absolute atomic E-state index is 0.505. The molecule has 2 aliphatic rings. The second kappa shape index (κ2) is 6.05. The number of hydrogen-bond acceptors (Lipinski definition) is 1. The second-order valence-corrected chi connectivity index (χ2v) is 6.44. The van der Waals surface area contributed by atoms with E-state index in [4.69, 9.17) is 5.73 Å². The van der Waals surface area contributed by atoms with Gasteiger partial charge in [0.2, 0.25) is 0 Å². The van der Waals surface area contributed by atoms with Crippen molar-refractivity contribution in [1.29, 1.82) is 0 Å². The van der Waals surface area contributed by atoms with Gasteiger partial charge in [-0.3, -0.25) is 0 Å². The van der Waals surface area contributed by atoms with Crippen LogP contribution in [0.5, 0.6) is 0 Å². The first kappa shape index (κ1) is 12.4. The highest BCUT2D eigenvalue weighted by molar-refractivity contribution is 4.81. The van der Waals surface area contributed by atoms with Crippen LogP contribution in [-0.2, 0) is 0 Å². The Morgan fingerprint density at radius 3 is 2.44 bits per heavy atom. The Hall–Kier alpha value is -0.0400. The molecule has 0 aromatic rings. The third kappa shape index (κ3) is 3.48. The van der Waals surface area contributed by atoms with E-state index in [9.17, 15) is 0 Å². The zero-order valence-corrected chi connectivity index (χ0v) is 11.0. The maximum absolute atomic E-state index is 6.44. The predicted molar refractivity (Wildman–Crippen MR) is 70.3 cm³/mol. The first-order chi connectivity index (χ1) is 7.75. The molecule has 1 nitrogen and oxygen atoms in total. The zero-order valence-electron chi connectivity index (χ0n) is 11.0.